The van der Waals surface area contributed by atoms with Gasteiger partial charge in [-0.3, -0.25) is 13.7 Å². The Kier molecular flexibility index (Phi) is 7.45. The van der Waals surface area contributed by atoms with Crippen LogP contribution in [0.5, 0.6) is 11.5 Å². The van der Waals surface area contributed by atoms with Crippen LogP contribution >= 0.6 is 0 Å². The molecule has 3 aromatic heterocycles. The first kappa shape index (κ1) is 28.6. The van der Waals surface area contributed by atoms with Crippen LogP contribution in [-0.2, 0) is 0 Å². The first-order valence-corrected chi connectivity index (χ1v) is 21.3. The molecular weight excluding hydrogens is 781 g/mol. The molecule has 11 rings (SSSR count). The molecule has 0 aliphatic carbocycles. The average molecular weight is 838 g/mol. The van der Waals surface area contributed by atoms with Crippen LogP contribution < -0.4 is 9.30 Å². The van der Waals surface area contributed by atoms with Gasteiger partial charge in [0.15, 0.2) is 0 Å². The minimum Gasteiger partial charge on any atom is -0.458 e. The second kappa shape index (κ2) is 16.7. The fourth-order valence-electron chi connectivity index (χ4n) is 8.74. The minimum absolute atomic E-state index is 0.138. The molecule has 0 atom stereocenters. The quantitative estimate of drug-likeness (QED) is 0.0961. The van der Waals surface area contributed by atoms with Crippen LogP contribution in [0.4, 0.5) is 0 Å². The number of imidazole rings is 1. The van der Waals surface area contributed by atoms with E-state index in [2.05, 4.69) is 47.3 Å². The topological polar surface area (TPSA) is 35.9 Å². The van der Waals surface area contributed by atoms with Crippen molar-refractivity contribution in [1.29, 1.82) is 0 Å². The molecule has 5 nitrogen and oxygen atoms in total. The molecule has 0 bridgehead atoms. The summed E-state index contributed by atoms with van der Waals surface area (Å²) in [6.45, 7) is 4.07. The van der Waals surface area contributed by atoms with Gasteiger partial charge in [-0.05, 0) is 112 Å². The van der Waals surface area contributed by atoms with Gasteiger partial charge in [-0.1, -0.05) is 159 Å². The Labute approximate surface area is 389 Å². The SMILES string of the molecule is [2H]c1c([2H])c([2H])c(-c2cccc(-c3c([2H])c([2H])c([2H])c([2H])c3[2H])c2-[n+]2[c-]n(-c3cccc(Oc4ccc5c6cc(-c7ccccc7)ccc6n(-c6cc(C([2H])(CC)CC)ccn6)c5c4)c3)c3ccccc32)c([2H])c1[2H]. The van der Waals surface area contributed by atoms with E-state index >= 15 is 0 Å². The lowest BCUT2D eigenvalue weighted by Crippen LogP contribution is -2.31. The van der Waals surface area contributed by atoms with Crippen molar-refractivity contribution in [2.24, 2.45) is 0 Å². The Morgan fingerprint density at radius 3 is 2.05 bits per heavy atom. The van der Waals surface area contributed by atoms with Gasteiger partial charge in [-0.2, -0.15) is 0 Å². The van der Waals surface area contributed by atoms with Gasteiger partial charge >= 0.3 is 0 Å². The van der Waals surface area contributed by atoms with Crippen LogP contribution in [0.25, 0.3) is 83.4 Å². The molecule has 308 valence electrons. The molecule has 0 fully saturated rings. The Hall–Kier alpha value is -8.02. The Bertz CT molecular complexity index is 3970. The summed E-state index contributed by atoms with van der Waals surface area (Å²) in [7, 11) is 0. The monoisotopic (exact) mass is 837 g/mol. The van der Waals surface area contributed by atoms with E-state index in [9.17, 15) is 1.37 Å². The number of aromatic nitrogens is 4. The maximum absolute atomic E-state index is 9.29. The predicted molar refractivity (Wildman–Crippen MR) is 262 cm³/mol. The van der Waals surface area contributed by atoms with Crippen molar-refractivity contribution >= 4 is 32.8 Å². The van der Waals surface area contributed by atoms with Gasteiger partial charge in [0.2, 0.25) is 0 Å². The van der Waals surface area contributed by atoms with E-state index in [0.717, 1.165) is 38.5 Å². The number of hydrogen-bond acceptors (Lipinski definition) is 2. The van der Waals surface area contributed by atoms with Gasteiger partial charge in [0, 0.05) is 24.4 Å². The second-order valence-corrected chi connectivity index (χ2v) is 15.4. The number of ether oxygens (including phenoxy) is 1. The summed E-state index contributed by atoms with van der Waals surface area (Å²) in [5.74, 6) is 0.942. The van der Waals surface area contributed by atoms with Crippen molar-refractivity contribution in [3.63, 3.8) is 0 Å². The zero-order valence-corrected chi connectivity index (χ0v) is 35.0. The summed E-state index contributed by atoms with van der Waals surface area (Å²) < 4.78 is 109. The number of fused-ring (bicyclic) bond motifs is 4. The highest BCUT2D eigenvalue weighted by molar-refractivity contribution is 6.10. The number of benzene rings is 8. The number of para-hydroxylation sites is 3. The molecule has 0 aliphatic heterocycles. The molecule has 5 heteroatoms. The summed E-state index contributed by atoms with van der Waals surface area (Å²) in [4.78, 5) is 4.88. The van der Waals surface area contributed by atoms with Crippen molar-refractivity contribution in [3.05, 3.63) is 224 Å². The second-order valence-electron chi connectivity index (χ2n) is 15.4. The molecule has 8 aromatic carbocycles. The van der Waals surface area contributed by atoms with Crippen LogP contribution in [0.2, 0.25) is 0 Å². The molecular formula is C59H46N4O. The van der Waals surface area contributed by atoms with E-state index in [1.165, 1.54) is 0 Å². The van der Waals surface area contributed by atoms with Crippen molar-refractivity contribution in [3.8, 4) is 62.1 Å². The fourth-order valence-corrected chi connectivity index (χ4v) is 8.74. The molecule has 0 aliphatic rings. The van der Waals surface area contributed by atoms with Crippen LogP contribution in [0.3, 0.4) is 0 Å². The fraction of sp³-hybridized carbons (Fsp3) is 0.0847. The van der Waals surface area contributed by atoms with Gasteiger partial charge in [-0.25, -0.2) is 4.98 Å². The third-order valence-corrected chi connectivity index (χ3v) is 11.8. The summed E-state index contributed by atoms with van der Waals surface area (Å²) in [6, 6.07) is 40.9. The van der Waals surface area contributed by atoms with Crippen LogP contribution in [0, 0.1) is 6.33 Å². The van der Waals surface area contributed by atoms with E-state index in [1.54, 1.807) is 33.5 Å². The van der Waals surface area contributed by atoms with Gasteiger partial charge in [0.1, 0.15) is 17.3 Å². The summed E-state index contributed by atoms with van der Waals surface area (Å²) in [5, 5.41) is 2.02. The Morgan fingerprint density at radius 2 is 1.30 bits per heavy atom. The molecule has 0 radical (unpaired) electrons. The first-order chi connectivity index (χ1) is 36.1. The van der Waals surface area contributed by atoms with Gasteiger partial charge in [-0.15, -0.1) is 0 Å². The number of nitrogens with zero attached hydrogens (tertiary/aromatic N) is 4. The smallest absolute Gasteiger partial charge is 0.269 e. The summed E-state index contributed by atoms with van der Waals surface area (Å²) >= 11 is 0. The summed E-state index contributed by atoms with van der Waals surface area (Å²) in [6.07, 6.45) is 6.51. The highest BCUT2D eigenvalue weighted by atomic mass is 16.5. The van der Waals surface area contributed by atoms with Crippen molar-refractivity contribution in [2.45, 2.75) is 32.6 Å². The third-order valence-electron chi connectivity index (χ3n) is 11.8. The molecule has 64 heavy (non-hydrogen) atoms. The zero-order valence-electron chi connectivity index (χ0n) is 46.0. The molecule has 3 heterocycles. The molecule has 0 unspecified atom stereocenters. The number of pyridine rings is 1. The van der Waals surface area contributed by atoms with Crippen molar-refractivity contribution in [2.75, 3.05) is 0 Å². The Balaban J connectivity index is 1.07. The predicted octanol–water partition coefficient (Wildman–Crippen LogP) is 14.9. The lowest BCUT2D eigenvalue weighted by Gasteiger charge is -2.17. The third kappa shape index (κ3) is 7.01. The molecule has 0 spiro atoms. The highest BCUT2D eigenvalue weighted by Crippen LogP contribution is 2.39. The van der Waals surface area contributed by atoms with Gasteiger partial charge in [0.25, 0.3) is 6.33 Å². The first-order valence-electron chi connectivity index (χ1n) is 26.8. The van der Waals surface area contributed by atoms with Crippen molar-refractivity contribution < 1.29 is 24.4 Å². The molecule has 0 amide bonds. The zero-order chi connectivity index (χ0) is 52.6. The average Bonchev–Trinajstić information content (AvgIpc) is 4.00. The number of rotatable bonds is 11. The van der Waals surface area contributed by atoms with Crippen LogP contribution in [0.1, 0.15) is 53.2 Å². The lowest BCUT2D eigenvalue weighted by atomic mass is 9.95. The standard InChI is InChI=1S/C59H46N4O/c1-3-41(4-2)46-34-35-60-58(37-46)63-54-33-30-45(42-18-8-5-9-19-42)36-53(54)52-32-31-49(39-57(52)63)64-48-25-16-24-47(38-48)61-40-62(56-29-15-14-28-55(56)61)59-50(43-20-10-6-11-21-43)26-17-27-51(59)44-22-12-7-13-23-44/h5-39,41H,3-4H2,1-2H3/i6D,7D,10D,11D,12D,13D,20D,21D,22D,23D,41D. The molecule has 0 N–H and O–H groups in total. The maximum Gasteiger partial charge on any atom is 0.269 e. The molecule has 11 aromatic rings. The van der Waals surface area contributed by atoms with E-state index < -0.39 is 66.3 Å². The lowest BCUT2D eigenvalue weighted by molar-refractivity contribution is -0.571. The van der Waals surface area contributed by atoms with Gasteiger partial charge in [0.05, 0.1) is 47.1 Å². The highest BCUT2D eigenvalue weighted by Gasteiger charge is 2.21. The number of hydrogen-bond donors (Lipinski definition) is 0. The van der Waals surface area contributed by atoms with E-state index in [1.807, 2.05) is 105 Å². The van der Waals surface area contributed by atoms with E-state index in [4.69, 9.17) is 23.4 Å². The normalized spacial score (nSPS) is 14.1. The van der Waals surface area contributed by atoms with Crippen LogP contribution in [-0.4, -0.2) is 14.1 Å². The minimum atomic E-state index is -0.779. The molecule has 0 saturated carbocycles. The Morgan fingerprint density at radius 1 is 0.594 bits per heavy atom. The maximum atomic E-state index is 9.29. The van der Waals surface area contributed by atoms with Crippen molar-refractivity contribution in [1.82, 2.24) is 14.1 Å². The molecule has 0 saturated heterocycles. The largest absolute Gasteiger partial charge is 0.458 e. The van der Waals surface area contributed by atoms with Gasteiger partial charge < -0.3 is 4.74 Å². The van der Waals surface area contributed by atoms with Crippen LogP contribution in [0.15, 0.2) is 212 Å². The van der Waals surface area contributed by atoms with E-state index in [-0.39, 0.29) is 27.9 Å². The summed E-state index contributed by atoms with van der Waals surface area (Å²) in [5.41, 5.74) is 6.85. The van der Waals surface area contributed by atoms with E-state index in [0.29, 0.717) is 46.9 Å².